The summed E-state index contributed by atoms with van der Waals surface area (Å²) in [4.78, 5) is 49.5. The highest BCUT2D eigenvalue weighted by Crippen LogP contribution is 2.25. The second-order valence-electron chi connectivity index (χ2n) is 7.57. The number of ether oxygens (including phenoxy) is 1. The lowest BCUT2D eigenvalue weighted by Gasteiger charge is -2.23. The van der Waals surface area contributed by atoms with Gasteiger partial charge in [-0.1, -0.05) is 32.0 Å². The summed E-state index contributed by atoms with van der Waals surface area (Å²) >= 11 is 2.58. The van der Waals surface area contributed by atoms with Crippen LogP contribution in [0.1, 0.15) is 36.9 Å². The number of methoxy groups -OCH3 is 1. The van der Waals surface area contributed by atoms with Gasteiger partial charge in [0, 0.05) is 10.5 Å². The number of Topliss-reactive ketones (excluding diaryl/α,β-unsaturated/α-hetero) is 1. The Kier molecular flexibility index (Phi) is 9.51. The van der Waals surface area contributed by atoms with Crippen LogP contribution in [0, 0.1) is 5.92 Å². The number of rotatable bonds is 11. The molecule has 2 rings (SSSR count). The van der Waals surface area contributed by atoms with Crippen LogP contribution in [0.4, 0.5) is 0 Å². The molecule has 2 amide bonds. The van der Waals surface area contributed by atoms with Gasteiger partial charge in [0.05, 0.1) is 23.8 Å². The molecule has 0 saturated heterocycles. The van der Waals surface area contributed by atoms with E-state index in [1.54, 1.807) is 0 Å². The van der Waals surface area contributed by atoms with E-state index in [0.29, 0.717) is 11.3 Å². The van der Waals surface area contributed by atoms with Gasteiger partial charge in [-0.15, -0.1) is 23.1 Å². The third kappa shape index (κ3) is 7.66. The fourth-order valence-electron chi connectivity index (χ4n) is 2.88. The van der Waals surface area contributed by atoms with Gasteiger partial charge >= 0.3 is 5.97 Å². The van der Waals surface area contributed by atoms with E-state index in [1.807, 2.05) is 44.2 Å². The first-order chi connectivity index (χ1) is 14.7. The normalized spacial score (nSPS) is 12.9. The summed E-state index contributed by atoms with van der Waals surface area (Å²) < 4.78 is 5.58. The lowest BCUT2D eigenvalue weighted by atomic mass is 10.0. The summed E-state index contributed by atoms with van der Waals surface area (Å²) in [6.07, 6.45) is 0.433. The number of hydrogen-bond donors (Lipinski definition) is 2. The van der Waals surface area contributed by atoms with Gasteiger partial charge < -0.3 is 15.4 Å². The Bertz CT molecular complexity index is 908. The molecule has 168 valence electrons. The van der Waals surface area contributed by atoms with Crippen LogP contribution in [0.5, 0.6) is 0 Å². The number of carbonyl (C=O) groups is 4. The van der Waals surface area contributed by atoms with Crippen molar-refractivity contribution in [2.24, 2.45) is 5.92 Å². The van der Waals surface area contributed by atoms with E-state index < -0.39 is 24.0 Å². The predicted molar refractivity (Wildman–Crippen MR) is 124 cm³/mol. The first-order valence-electron chi connectivity index (χ1n) is 9.96. The Balaban J connectivity index is 2.06. The average Bonchev–Trinajstić information content (AvgIpc) is 3.16. The van der Waals surface area contributed by atoms with E-state index >= 15 is 0 Å². The van der Waals surface area contributed by atoms with Crippen LogP contribution in [0.25, 0.3) is 10.1 Å². The zero-order valence-corrected chi connectivity index (χ0v) is 19.7. The number of amides is 2. The van der Waals surface area contributed by atoms with Gasteiger partial charge in [0.1, 0.15) is 6.04 Å². The molecule has 0 fully saturated rings. The second kappa shape index (κ2) is 11.9. The van der Waals surface area contributed by atoms with Gasteiger partial charge in [-0.25, -0.2) is 0 Å². The first-order valence-corrected chi connectivity index (χ1v) is 11.9. The minimum Gasteiger partial charge on any atom is -0.468 e. The molecule has 9 heteroatoms. The van der Waals surface area contributed by atoms with Crippen molar-refractivity contribution in [3.05, 3.63) is 35.2 Å². The van der Waals surface area contributed by atoms with Gasteiger partial charge in [-0.05, 0) is 36.8 Å². The summed E-state index contributed by atoms with van der Waals surface area (Å²) in [5, 5.41) is 6.52. The Labute approximate surface area is 190 Å². The molecular formula is C22H28N2O5S2. The molecule has 31 heavy (non-hydrogen) atoms. The number of nitrogens with one attached hydrogen (secondary N) is 2. The molecular weight excluding hydrogens is 436 g/mol. The van der Waals surface area contributed by atoms with Crippen LogP contribution in [0.3, 0.4) is 0 Å². The highest BCUT2D eigenvalue weighted by molar-refractivity contribution is 8.00. The number of ketones is 1. The van der Waals surface area contributed by atoms with Crippen molar-refractivity contribution in [2.75, 3.05) is 18.6 Å². The number of thiophene rings is 1. The average molecular weight is 465 g/mol. The van der Waals surface area contributed by atoms with E-state index in [9.17, 15) is 19.2 Å². The molecule has 1 heterocycles. The largest absolute Gasteiger partial charge is 0.468 e. The lowest BCUT2D eigenvalue weighted by molar-refractivity contribution is -0.137. The fourth-order valence-corrected chi connectivity index (χ4v) is 4.80. The van der Waals surface area contributed by atoms with Gasteiger partial charge in [0.25, 0.3) is 5.91 Å². The van der Waals surface area contributed by atoms with Crippen LogP contribution in [0.15, 0.2) is 30.3 Å². The summed E-state index contributed by atoms with van der Waals surface area (Å²) in [6, 6.07) is 7.98. The fraction of sp³-hybridized carbons (Fsp3) is 0.455. The quantitative estimate of drug-likeness (QED) is 0.496. The summed E-state index contributed by atoms with van der Waals surface area (Å²) in [5.41, 5.74) is 0. The lowest BCUT2D eigenvalue weighted by Crippen LogP contribution is -2.52. The number of fused-ring (bicyclic) bond motifs is 1. The summed E-state index contributed by atoms with van der Waals surface area (Å²) in [6.45, 7) is 5.30. The highest BCUT2D eigenvalue weighted by Gasteiger charge is 2.27. The molecule has 2 N–H and O–H groups in total. The van der Waals surface area contributed by atoms with E-state index in [2.05, 4.69) is 15.4 Å². The van der Waals surface area contributed by atoms with Crippen molar-refractivity contribution < 1.29 is 23.9 Å². The van der Waals surface area contributed by atoms with E-state index in [1.165, 1.54) is 37.1 Å². The highest BCUT2D eigenvalue weighted by atomic mass is 32.2. The van der Waals surface area contributed by atoms with E-state index in [-0.39, 0.29) is 29.1 Å². The Morgan fingerprint density at radius 3 is 2.42 bits per heavy atom. The SMILES string of the molecule is COC(=O)CSCC(NC(=O)[C@H](CC(C)C)NC(=O)c1cc2ccccc2s1)C(C)=O. The minimum atomic E-state index is -0.773. The zero-order valence-electron chi connectivity index (χ0n) is 18.1. The third-order valence-electron chi connectivity index (χ3n) is 4.52. The van der Waals surface area contributed by atoms with Gasteiger partial charge in [-0.3, -0.25) is 19.2 Å². The molecule has 0 radical (unpaired) electrons. The monoisotopic (exact) mass is 464 g/mol. The maximum absolute atomic E-state index is 12.9. The molecule has 1 aromatic heterocycles. The third-order valence-corrected chi connectivity index (χ3v) is 6.64. The molecule has 7 nitrogen and oxygen atoms in total. The molecule has 0 bridgehead atoms. The van der Waals surface area contributed by atoms with Crippen molar-refractivity contribution in [3.63, 3.8) is 0 Å². The Hall–Kier alpha value is -2.39. The maximum Gasteiger partial charge on any atom is 0.315 e. The molecule has 0 aliphatic carbocycles. The van der Waals surface area contributed by atoms with Gasteiger partial charge in [0.2, 0.25) is 5.91 Å². The zero-order chi connectivity index (χ0) is 23.0. The Morgan fingerprint density at radius 2 is 1.81 bits per heavy atom. The van der Waals surface area contributed by atoms with Crippen LogP contribution >= 0.6 is 23.1 Å². The molecule has 0 aliphatic rings. The smallest absolute Gasteiger partial charge is 0.315 e. The maximum atomic E-state index is 12.9. The number of esters is 1. The van der Waals surface area contributed by atoms with Crippen molar-refractivity contribution in [1.82, 2.24) is 10.6 Å². The number of thioether (sulfide) groups is 1. The number of benzene rings is 1. The van der Waals surface area contributed by atoms with Crippen LogP contribution in [-0.4, -0.2) is 54.3 Å². The van der Waals surface area contributed by atoms with Crippen molar-refractivity contribution in [2.45, 2.75) is 39.3 Å². The minimum absolute atomic E-state index is 0.0915. The molecule has 2 atom stereocenters. The van der Waals surface area contributed by atoms with Gasteiger partial charge in [0.15, 0.2) is 5.78 Å². The number of carbonyl (C=O) groups excluding carboxylic acids is 4. The van der Waals surface area contributed by atoms with E-state index in [0.717, 1.165) is 10.1 Å². The van der Waals surface area contributed by atoms with Crippen LogP contribution in [0.2, 0.25) is 0 Å². The number of hydrogen-bond acceptors (Lipinski definition) is 7. The van der Waals surface area contributed by atoms with Crippen LogP contribution in [-0.2, 0) is 19.1 Å². The first kappa shape index (κ1) is 24.9. The van der Waals surface area contributed by atoms with Gasteiger partial charge in [-0.2, -0.15) is 0 Å². The molecule has 1 aromatic carbocycles. The molecule has 2 aromatic rings. The molecule has 0 aliphatic heterocycles. The predicted octanol–water partition coefficient (Wildman–Crippen LogP) is 3.03. The van der Waals surface area contributed by atoms with Crippen molar-refractivity contribution >= 4 is 56.8 Å². The van der Waals surface area contributed by atoms with Crippen molar-refractivity contribution in [1.29, 1.82) is 0 Å². The molecule has 0 saturated carbocycles. The van der Waals surface area contributed by atoms with Crippen molar-refractivity contribution in [3.8, 4) is 0 Å². The topological polar surface area (TPSA) is 102 Å². The van der Waals surface area contributed by atoms with E-state index in [4.69, 9.17) is 0 Å². The summed E-state index contributed by atoms with van der Waals surface area (Å²) in [5.74, 6) is -0.855. The molecule has 1 unspecified atom stereocenters. The standard InChI is InChI=1S/C22H28N2O5S2/c1-13(2)9-16(21(27)24-17(14(3)25)11-30-12-20(26)29-4)23-22(28)19-10-15-7-5-6-8-18(15)31-19/h5-8,10,13,16-17H,9,11-12H2,1-4H3,(H,23,28)(H,24,27)/t16-,17?/m0/s1. The second-order valence-corrected chi connectivity index (χ2v) is 9.68. The molecule has 0 spiro atoms. The summed E-state index contributed by atoms with van der Waals surface area (Å²) in [7, 11) is 1.29. The van der Waals surface area contributed by atoms with Crippen LogP contribution < -0.4 is 10.6 Å². The Morgan fingerprint density at radius 1 is 1.10 bits per heavy atom.